The standard InChI is InChI=1S/C22H21FN6O2/c1-14-19(6-4-15(12-24)21(14)23)29-20(30)11-18(26-29)17-5-3-16(13-25-17)22(31)28-9-7-27(2)8-10-28/h3-6,11,13,26H,7-10H2,1-2H3. The summed E-state index contributed by atoms with van der Waals surface area (Å²) in [5, 5.41) is 11.9. The quantitative estimate of drug-likeness (QED) is 0.698. The highest BCUT2D eigenvalue weighted by atomic mass is 19.1. The van der Waals surface area contributed by atoms with Crippen molar-refractivity contribution in [1.29, 1.82) is 5.26 Å². The number of pyridine rings is 1. The zero-order valence-electron chi connectivity index (χ0n) is 17.2. The van der Waals surface area contributed by atoms with Crippen molar-refractivity contribution in [3.05, 3.63) is 69.4 Å². The maximum atomic E-state index is 14.3. The third kappa shape index (κ3) is 3.85. The molecule has 1 fully saturated rings. The zero-order valence-corrected chi connectivity index (χ0v) is 17.2. The van der Waals surface area contributed by atoms with Crippen molar-refractivity contribution >= 4 is 5.91 Å². The van der Waals surface area contributed by atoms with E-state index in [0.29, 0.717) is 35.7 Å². The van der Waals surface area contributed by atoms with Gasteiger partial charge in [0.2, 0.25) is 0 Å². The van der Waals surface area contributed by atoms with Crippen LogP contribution in [0.5, 0.6) is 0 Å². The molecule has 1 amide bonds. The Bertz CT molecular complexity index is 1230. The van der Waals surface area contributed by atoms with Gasteiger partial charge in [0.25, 0.3) is 11.5 Å². The predicted molar refractivity (Wildman–Crippen MR) is 112 cm³/mol. The minimum Gasteiger partial charge on any atom is -0.336 e. The Balaban J connectivity index is 1.59. The van der Waals surface area contributed by atoms with Crippen LogP contribution in [0.2, 0.25) is 0 Å². The summed E-state index contributed by atoms with van der Waals surface area (Å²) in [5.74, 6) is -0.727. The van der Waals surface area contributed by atoms with E-state index < -0.39 is 5.82 Å². The molecule has 1 saturated heterocycles. The van der Waals surface area contributed by atoms with Crippen molar-refractivity contribution in [2.24, 2.45) is 0 Å². The lowest BCUT2D eigenvalue weighted by molar-refractivity contribution is 0.0663. The van der Waals surface area contributed by atoms with Gasteiger partial charge in [0, 0.05) is 44.0 Å². The van der Waals surface area contributed by atoms with Crippen LogP contribution >= 0.6 is 0 Å². The van der Waals surface area contributed by atoms with E-state index in [-0.39, 0.29) is 22.6 Å². The first-order valence-corrected chi connectivity index (χ1v) is 9.85. The molecule has 2 aromatic heterocycles. The molecule has 0 saturated carbocycles. The highest BCUT2D eigenvalue weighted by Crippen LogP contribution is 2.21. The summed E-state index contributed by atoms with van der Waals surface area (Å²) in [6.07, 6.45) is 1.50. The number of likely N-dealkylation sites (N-methyl/N-ethyl adjacent to an activating group) is 1. The molecule has 4 rings (SSSR count). The number of nitrogens with one attached hydrogen (secondary N) is 1. The molecule has 0 atom stereocenters. The lowest BCUT2D eigenvalue weighted by atomic mass is 10.1. The number of carbonyl (C=O) groups excluding carboxylic acids is 1. The van der Waals surface area contributed by atoms with Crippen molar-refractivity contribution in [2.45, 2.75) is 6.92 Å². The largest absolute Gasteiger partial charge is 0.336 e. The van der Waals surface area contributed by atoms with Crippen LogP contribution in [0.15, 0.2) is 41.3 Å². The van der Waals surface area contributed by atoms with Gasteiger partial charge in [0.05, 0.1) is 28.2 Å². The molecule has 1 aliphatic heterocycles. The van der Waals surface area contributed by atoms with E-state index in [1.165, 1.54) is 36.0 Å². The van der Waals surface area contributed by atoms with E-state index in [9.17, 15) is 14.0 Å². The van der Waals surface area contributed by atoms with Crippen LogP contribution < -0.4 is 5.56 Å². The summed E-state index contributed by atoms with van der Waals surface area (Å²) in [6.45, 7) is 4.53. The number of halogens is 1. The smallest absolute Gasteiger partial charge is 0.271 e. The molecule has 8 nitrogen and oxygen atoms in total. The van der Waals surface area contributed by atoms with Crippen LogP contribution in [0.4, 0.5) is 4.39 Å². The molecule has 1 N–H and O–H groups in total. The maximum absolute atomic E-state index is 14.3. The number of nitrogens with zero attached hydrogens (tertiary/aromatic N) is 5. The summed E-state index contributed by atoms with van der Waals surface area (Å²) in [5.41, 5.74) is 1.44. The third-order valence-electron chi connectivity index (χ3n) is 5.52. The lowest BCUT2D eigenvalue weighted by Crippen LogP contribution is -2.47. The average Bonchev–Trinajstić information content (AvgIpc) is 3.17. The summed E-state index contributed by atoms with van der Waals surface area (Å²) in [4.78, 5) is 33.5. The SMILES string of the molecule is Cc1c(-n2[nH]c(-c3ccc(C(=O)N4CCN(C)CC4)cn3)cc2=O)ccc(C#N)c1F. The highest BCUT2D eigenvalue weighted by molar-refractivity contribution is 5.94. The van der Waals surface area contributed by atoms with E-state index in [1.807, 2.05) is 7.05 Å². The number of amides is 1. The molecule has 9 heteroatoms. The fourth-order valence-electron chi connectivity index (χ4n) is 3.58. The number of rotatable bonds is 3. The van der Waals surface area contributed by atoms with E-state index in [2.05, 4.69) is 15.0 Å². The van der Waals surface area contributed by atoms with Crippen LogP contribution in [-0.4, -0.2) is 63.7 Å². The molecule has 0 bridgehead atoms. The van der Waals surface area contributed by atoms with E-state index in [4.69, 9.17) is 5.26 Å². The number of piperazine rings is 1. The predicted octanol–water partition coefficient (Wildman–Crippen LogP) is 1.93. The van der Waals surface area contributed by atoms with E-state index >= 15 is 0 Å². The molecular weight excluding hydrogens is 399 g/mol. The minimum absolute atomic E-state index is 0.0677. The van der Waals surface area contributed by atoms with Crippen LogP contribution in [0.1, 0.15) is 21.5 Å². The number of aromatic nitrogens is 3. The monoisotopic (exact) mass is 420 g/mol. The summed E-state index contributed by atoms with van der Waals surface area (Å²) < 4.78 is 15.5. The van der Waals surface area contributed by atoms with Crippen LogP contribution in [0, 0.1) is 24.1 Å². The molecule has 0 radical (unpaired) electrons. The Morgan fingerprint density at radius 2 is 1.94 bits per heavy atom. The fraction of sp³-hybridized carbons (Fsp3) is 0.273. The van der Waals surface area contributed by atoms with Gasteiger partial charge in [-0.2, -0.15) is 5.26 Å². The second kappa shape index (κ2) is 8.16. The molecule has 3 aromatic rings. The first-order valence-electron chi connectivity index (χ1n) is 9.85. The normalized spacial score (nSPS) is 14.5. The third-order valence-corrected chi connectivity index (χ3v) is 5.52. The number of hydrogen-bond donors (Lipinski definition) is 1. The minimum atomic E-state index is -0.659. The van der Waals surface area contributed by atoms with Gasteiger partial charge in [-0.25, -0.2) is 9.07 Å². The Labute approximate surface area is 178 Å². The molecule has 0 aliphatic carbocycles. The Morgan fingerprint density at radius 3 is 2.58 bits per heavy atom. The van der Waals surface area contributed by atoms with Crippen molar-refractivity contribution in [3.8, 4) is 23.1 Å². The number of hydrogen-bond acceptors (Lipinski definition) is 5. The Morgan fingerprint density at radius 1 is 1.19 bits per heavy atom. The molecule has 3 heterocycles. The van der Waals surface area contributed by atoms with Crippen molar-refractivity contribution in [2.75, 3.05) is 33.2 Å². The van der Waals surface area contributed by atoms with Crippen LogP contribution in [-0.2, 0) is 0 Å². The zero-order chi connectivity index (χ0) is 22.1. The van der Waals surface area contributed by atoms with Crippen molar-refractivity contribution < 1.29 is 9.18 Å². The second-order valence-electron chi connectivity index (χ2n) is 7.55. The van der Waals surface area contributed by atoms with Crippen LogP contribution in [0.25, 0.3) is 17.1 Å². The van der Waals surface area contributed by atoms with Gasteiger partial charge in [-0.3, -0.25) is 19.7 Å². The molecule has 0 spiro atoms. The number of aromatic amines is 1. The first-order chi connectivity index (χ1) is 14.9. The van der Waals surface area contributed by atoms with E-state index in [0.717, 1.165) is 13.1 Å². The fourth-order valence-corrected chi connectivity index (χ4v) is 3.58. The number of H-pyrrole nitrogens is 1. The Hall–Kier alpha value is -3.77. The summed E-state index contributed by atoms with van der Waals surface area (Å²) in [6, 6.07) is 9.36. The van der Waals surface area contributed by atoms with E-state index in [1.54, 1.807) is 23.1 Å². The van der Waals surface area contributed by atoms with Crippen molar-refractivity contribution in [3.63, 3.8) is 0 Å². The molecule has 158 valence electrons. The maximum Gasteiger partial charge on any atom is 0.271 e. The van der Waals surface area contributed by atoms with Gasteiger partial charge in [0.1, 0.15) is 11.9 Å². The summed E-state index contributed by atoms with van der Waals surface area (Å²) in [7, 11) is 2.03. The lowest BCUT2D eigenvalue weighted by Gasteiger charge is -2.32. The van der Waals surface area contributed by atoms with Crippen molar-refractivity contribution in [1.82, 2.24) is 24.6 Å². The first kappa shape index (κ1) is 20.5. The number of benzene rings is 1. The van der Waals surface area contributed by atoms with Gasteiger partial charge >= 0.3 is 0 Å². The van der Waals surface area contributed by atoms with Gasteiger partial charge in [-0.05, 0) is 38.2 Å². The molecule has 31 heavy (non-hydrogen) atoms. The topological polar surface area (TPSA) is 98.0 Å². The number of nitriles is 1. The van der Waals surface area contributed by atoms with Gasteiger partial charge < -0.3 is 9.80 Å². The molecule has 0 unspecified atom stereocenters. The Kier molecular flexibility index (Phi) is 5.40. The van der Waals surface area contributed by atoms with Crippen LogP contribution in [0.3, 0.4) is 0 Å². The summed E-state index contributed by atoms with van der Waals surface area (Å²) >= 11 is 0. The molecule has 1 aromatic carbocycles. The second-order valence-corrected chi connectivity index (χ2v) is 7.55. The molecule has 1 aliphatic rings. The van der Waals surface area contributed by atoms with Gasteiger partial charge in [0.15, 0.2) is 0 Å². The number of carbonyl (C=O) groups is 1. The van der Waals surface area contributed by atoms with Gasteiger partial charge in [-0.15, -0.1) is 0 Å². The van der Waals surface area contributed by atoms with Gasteiger partial charge in [-0.1, -0.05) is 0 Å². The average molecular weight is 420 g/mol. The molecular formula is C22H21FN6O2. The highest BCUT2D eigenvalue weighted by Gasteiger charge is 2.21.